The minimum absolute atomic E-state index is 0.211. The van der Waals surface area contributed by atoms with E-state index in [1.165, 1.54) is 0 Å². The largest absolute Gasteiger partial charge is 0.378 e. The lowest BCUT2D eigenvalue weighted by molar-refractivity contribution is 0.122. The van der Waals surface area contributed by atoms with Crippen molar-refractivity contribution >= 4 is 35.4 Å². The highest BCUT2D eigenvalue weighted by molar-refractivity contribution is 7.99. The van der Waals surface area contributed by atoms with Crippen LogP contribution in [0, 0.1) is 0 Å². The normalized spacial score (nSPS) is 16.2. The molecule has 0 amide bonds. The number of hydrogen-bond donors (Lipinski definition) is 0. The summed E-state index contributed by atoms with van der Waals surface area (Å²) >= 11 is 7.93. The van der Waals surface area contributed by atoms with E-state index < -0.39 is 0 Å². The fourth-order valence-electron chi connectivity index (χ4n) is 2.02. The van der Waals surface area contributed by atoms with Gasteiger partial charge in [-0.15, -0.1) is 11.8 Å². The van der Waals surface area contributed by atoms with E-state index in [0.29, 0.717) is 23.6 Å². The molecule has 0 spiro atoms. The molecule has 5 nitrogen and oxygen atoms in total. The van der Waals surface area contributed by atoms with Gasteiger partial charge in [0.2, 0.25) is 0 Å². The molecule has 7 heteroatoms. The van der Waals surface area contributed by atoms with Crippen molar-refractivity contribution in [2.24, 2.45) is 4.99 Å². The number of morpholine rings is 1. The maximum Gasteiger partial charge on any atom is 0.162 e. The van der Waals surface area contributed by atoms with Crippen molar-refractivity contribution in [1.29, 1.82) is 0 Å². The van der Waals surface area contributed by atoms with Gasteiger partial charge >= 0.3 is 0 Å². The van der Waals surface area contributed by atoms with Crippen LogP contribution in [0.3, 0.4) is 0 Å². The first-order valence-electron chi connectivity index (χ1n) is 7.57. The van der Waals surface area contributed by atoms with Crippen molar-refractivity contribution in [3.8, 4) is 0 Å². The Balaban J connectivity index is 2.39. The summed E-state index contributed by atoms with van der Waals surface area (Å²) < 4.78 is 5.42. The summed E-state index contributed by atoms with van der Waals surface area (Å²) in [6.45, 7) is 11.3. The molecular formula is C15H23ClN4OS. The zero-order valence-corrected chi connectivity index (χ0v) is 15.1. The molecular weight excluding hydrogens is 320 g/mol. The molecule has 2 heterocycles. The lowest BCUT2D eigenvalue weighted by atomic mass is 10.3. The van der Waals surface area contributed by atoms with E-state index in [9.17, 15) is 0 Å². The fourth-order valence-corrected chi connectivity index (χ4v) is 3.01. The quantitative estimate of drug-likeness (QED) is 0.607. The second-order valence-electron chi connectivity index (χ2n) is 5.67. The second-order valence-corrected chi connectivity index (χ2v) is 7.59. The molecule has 1 aromatic heterocycles. The maximum atomic E-state index is 6.30. The first-order valence-corrected chi connectivity index (χ1v) is 8.83. The topological polar surface area (TPSA) is 50.6 Å². The van der Waals surface area contributed by atoms with E-state index >= 15 is 0 Å². The number of thioether (sulfide) groups is 1. The number of ether oxygens (including phenoxy) is 1. The molecule has 0 unspecified atom stereocenters. The highest BCUT2D eigenvalue weighted by Gasteiger charge is 2.20. The molecule has 0 aliphatic carbocycles. The van der Waals surface area contributed by atoms with Crippen molar-refractivity contribution in [2.45, 2.75) is 44.0 Å². The summed E-state index contributed by atoms with van der Waals surface area (Å²) in [6, 6.07) is 0.211. The Labute approximate surface area is 141 Å². The Morgan fingerprint density at radius 3 is 2.50 bits per heavy atom. The Hall–Kier alpha value is -0.850. The Bertz CT molecular complexity index is 531. The van der Waals surface area contributed by atoms with Crippen LogP contribution in [0.4, 0.5) is 5.82 Å². The second kappa shape index (κ2) is 8.13. The molecule has 0 saturated carbocycles. The van der Waals surface area contributed by atoms with E-state index in [-0.39, 0.29) is 6.04 Å². The van der Waals surface area contributed by atoms with Crippen LogP contribution in [-0.2, 0) is 4.74 Å². The van der Waals surface area contributed by atoms with Crippen molar-refractivity contribution in [1.82, 2.24) is 9.97 Å². The van der Waals surface area contributed by atoms with Crippen molar-refractivity contribution < 1.29 is 4.74 Å². The molecule has 0 atom stereocenters. The Morgan fingerprint density at radius 2 is 1.91 bits per heavy atom. The zero-order valence-electron chi connectivity index (χ0n) is 13.5. The van der Waals surface area contributed by atoms with Gasteiger partial charge in [0.05, 0.1) is 19.4 Å². The average molecular weight is 343 g/mol. The third-order valence-electron chi connectivity index (χ3n) is 2.98. The number of nitrogens with zero attached hydrogens (tertiary/aromatic N) is 4. The van der Waals surface area contributed by atoms with Gasteiger partial charge in [-0.25, -0.2) is 9.97 Å². The van der Waals surface area contributed by atoms with Crippen LogP contribution >= 0.6 is 23.4 Å². The van der Waals surface area contributed by atoms with Crippen LogP contribution in [0.5, 0.6) is 0 Å². The van der Waals surface area contributed by atoms with Gasteiger partial charge in [0.25, 0.3) is 0 Å². The minimum Gasteiger partial charge on any atom is -0.378 e. The molecule has 1 saturated heterocycles. The van der Waals surface area contributed by atoms with Crippen LogP contribution in [0.1, 0.15) is 33.4 Å². The van der Waals surface area contributed by atoms with Gasteiger partial charge in [-0.1, -0.05) is 25.4 Å². The van der Waals surface area contributed by atoms with Gasteiger partial charge in [0, 0.05) is 24.4 Å². The Morgan fingerprint density at radius 1 is 1.23 bits per heavy atom. The van der Waals surface area contributed by atoms with Gasteiger partial charge < -0.3 is 9.64 Å². The van der Waals surface area contributed by atoms with Gasteiger partial charge in [0.15, 0.2) is 11.0 Å². The molecule has 0 bridgehead atoms. The van der Waals surface area contributed by atoms with E-state index in [1.807, 2.05) is 13.8 Å². The molecule has 1 aromatic rings. The van der Waals surface area contributed by atoms with Crippen molar-refractivity contribution in [3.05, 3.63) is 10.8 Å². The molecule has 1 aliphatic rings. The van der Waals surface area contributed by atoms with Crippen molar-refractivity contribution in [2.75, 3.05) is 31.2 Å². The number of anilines is 1. The maximum absolute atomic E-state index is 6.30. The molecule has 22 heavy (non-hydrogen) atoms. The number of aromatic nitrogens is 2. The third-order valence-corrected chi connectivity index (χ3v) is 4.34. The summed E-state index contributed by atoms with van der Waals surface area (Å²) in [5.74, 6) is 0.847. The molecule has 0 N–H and O–H groups in total. The zero-order chi connectivity index (χ0) is 16.1. The number of aliphatic imine (C=N–C) groups is 1. The summed E-state index contributed by atoms with van der Waals surface area (Å²) in [7, 11) is 0. The van der Waals surface area contributed by atoms with E-state index in [4.69, 9.17) is 21.3 Å². The predicted molar refractivity (Wildman–Crippen MR) is 93.8 cm³/mol. The lowest BCUT2D eigenvalue weighted by Crippen LogP contribution is -2.37. The van der Waals surface area contributed by atoms with Crippen LogP contribution in [-0.4, -0.2) is 53.8 Å². The van der Waals surface area contributed by atoms with E-state index in [2.05, 4.69) is 28.7 Å². The standard InChI is InChI=1S/C15H23ClN4OS/c1-10(2)17-9-12-14(20-5-7-21-8-6-20)19-15(13(16)18-12)22-11(3)4/h9-11H,5-8H2,1-4H3. The predicted octanol–water partition coefficient (Wildman–Crippen LogP) is 3.29. The smallest absolute Gasteiger partial charge is 0.162 e. The monoisotopic (exact) mass is 342 g/mol. The van der Waals surface area contributed by atoms with Gasteiger partial charge in [-0.2, -0.15) is 0 Å². The summed E-state index contributed by atoms with van der Waals surface area (Å²) in [5, 5.41) is 1.63. The Kier molecular flexibility index (Phi) is 6.47. The summed E-state index contributed by atoms with van der Waals surface area (Å²) in [6.07, 6.45) is 1.78. The molecule has 0 aromatic carbocycles. The van der Waals surface area contributed by atoms with Gasteiger partial charge in [-0.05, 0) is 13.8 Å². The van der Waals surface area contributed by atoms with Gasteiger partial charge in [0.1, 0.15) is 10.7 Å². The van der Waals surface area contributed by atoms with Crippen LogP contribution in [0.2, 0.25) is 5.15 Å². The molecule has 1 aliphatic heterocycles. The average Bonchev–Trinajstić information content (AvgIpc) is 2.47. The first-order chi connectivity index (χ1) is 10.5. The minimum atomic E-state index is 0.211. The number of hydrogen-bond acceptors (Lipinski definition) is 6. The molecule has 1 fully saturated rings. The number of rotatable bonds is 5. The van der Waals surface area contributed by atoms with Crippen LogP contribution < -0.4 is 4.90 Å². The summed E-state index contributed by atoms with van der Waals surface area (Å²) in [5.41, 5.74) is 0.730. The SMILES string of the molecule is CC(C)N=Cc1nc(Cl)c(SC(C)C)nc1N1CCOCC1. The van der Waals surface area contributed by atoms with Crippen molar-refractivity contribution in [3.63, 3.8) is 0 Å². The van der Waals surface area contributed by atoms with Crippen LogP contribution in [0.15, 0.2) is 10.0 Å². The third kappa shape index (κ3) is 4.83. The van der Waals surface area contributed by atoms with Crippen LogP contribution in [0.25, 0.3) is 0 Å². The van der Waals surface area contributed by atoms with E-state index in [0.717, 1.165) is 29.6 Å². The van der Waals surface area contributed by atoms with Gasteiger partial charge in [-0.3, -0.25) is 4.99 Å². The number of halogens is 1. The fraction of sp³-hybridized carbons (Fsp3) is 0.667. The first kappa shape index (κ1) is 17.5. The van der Waals surface area contributed by atoms with E-state index in [1.54, 1.807) is 18.0 Å². The molecule has 0 radical (unpaired) electrons. The molecule has 2 rings (SSSR count). The highest BCUT2D eigenvalue weighted by Crippen LogP contribution is 2.30. The summed E-state index contributed by atoms with van der Waals surface area (Å²) in [4.78, 5) is 15.9. The molecule has 122 valence electrons. The lowest BCUT2D eigenvalue weighted by Gasteiger charge is -2.29. The highest BCUT2D eigenvalue weighted by atomic mass is 35.5.